The minimum Gasteiger partial charge on any atom is -0.331 e. The molecule has 1 aromatic heterocycles. The lowest BCUT2D eigenvalue weighted by Crippen LogP contribution is -2.28. The van der Waals surface area contributed by atoms with Crippen molar-refractivity contribution in [1.82, 2.24) is 14.9 Å². The summed E-state index contributed by atoms with van der Waals surface area (Å²) in [6, 6.07) is 0.451. The highest BCUT2D eigenvalue weighted by Gasteiger charge is 2.33. The van der Waals surface area contributed by atoms with Crippen LogP contribution in [0.5, 0.6) is 0 Å². The molecule has 1 aliphatic rings. The second-order valence-electron chi connectivity index (χ2n) is 5.05. The molecule has 1 aliphatic heterocycles. The first-order valence-corrected chi connectivity index (χ1v) is 6.01. The zero-order valence-electron chi connectivity index (χ0n) is 10.2. The van der Waals surface area contributed by atoms with Gasteiger partial charge in [-0.1, -0.05) is 13.0 Å². The van der Waals surface area contributed by atoms with Gasteiger partial charge in [-0.25, -0.2) is 4.98 Å². The van der Waals surface area contributed by atoms with E-state index in [0.29, 0.717) is 6.04 Å². The van der Waals surface area contributed by atoms with E-state index in [-0.39, 0.29) is 5.41 Å². The van der Waals surface area contributed by atoms with Gasteiger partial charge in [-0.2, -0.15) is 0 Å². The fourth-order valence-electron chi connectivity index (χ4n) is 2.51. The molecule has 3 nitrogen and oxygen atoms in total. The molecule has 0 aliphatic carbocycles. The topological polar surface area (TPSA) is 29.9 Å². The van der Waals surface area contributed by atoms with Crippen molar-refractivity contribution in [3.8, 4) is 0 Å². The Morgan fingerprint density at radius 3 is 3.19 bits per heavy atom. The van der Waals surface area contributed by atoms with Crippen LogP contribution in [0, 0.1) is 0 Å². The van der Waals surface area contributed by atoms with Crippen LogP contribution in [-0.2, 0) is 5.41 Å². The maximum atomic E-state index is 4.32. The average molecular weight is 219 g/mol. The Labute approximate surface area is 97.6 Å². The van der Waals surface area contributed by atoms with Crippen LogP contribution in [0.3, 0.4) is 0 Å². The fraction of sp³-hybridized carbons (Fsp3) is 0.615. The van der Waals surface area contributed by atoms with Gasteiger partial charge in [0.2, 0.25) is 0 Å². The maximum Gasteiger partial charge on any atom is 0.0950 e. The van der Waals surface area contributed by atoms with Gasteiger partial charge in [0.05, 0.1) is 6.33 Å². The van der Waals surface area contributed by atoms with Crippen LogP contribution >= 0.6 is 0 Å². The lowest BCUT2D eigenvalue weighted by molar-refractivity contribution is 0.439. The Kier molecular flexibility index (Phi) is 3.15. The number of aromatic nitrogens is 2. The van der Waals surface area contributed by atoms with Crippen molar-refractivity contribution in [2.24, 2.45) is 0 Å². The normalized spacial score (nSPS) is 26.9. The summed E-state index contributed by atoms with van der Waals surface area (Å²) in [6.07, 6.45) is 8.13. The van der Waals surface area contributed by atoms with Crippen molar-refractivity contribution in [3.05, 3.63) is 30.9 Å². The molecular weight excluding hydrogens is 198 g/mol. The van der Waals surface area contributed by atoms with E-state index in [1.807, 2.05) is 18.6 Å². The Bertz CT molecular complexity index is 361. The van der Waals surface area contributed by atoms with Gasteiger partial charge in [-0.05, 0) is 26.3 Å². The summed E-state index contributed by atoms with van der Waals surface area (Å²) in [7, 11) is 0. The van der Waals surface area contributed by atoms with Gasteiger partial charge in [-0.3, -0.25) is 0 Å². The van der Waals surface area contributed by atoms with E-state index < -0.39 is 0 Å². The molecule has 2 heterocycles. The zero-order valence-corrected chi connectivity index (χ0v) is 10.2. The number of rotatable bonds is 4. The van der Waals surface area contributed by atoms with Crippen LogP contribution in [-0.4, -0.2) is 22.6 Å². The highest BCUT2D eigenvalue weighted by atomic mass is 15.1. The van der Waals surface area contributed by atoms with E-state index in [0.717, 1.165) is 19.5 Å². The molecule has 0 bridgehead atoms. The quantitative estimate of drug-likeness (QED) is 0.787. The fourth-order valence-corrected chi connectivity index (χ4v) is 2.51. The van der Waals surface area contributed by atoms with Crippen LogP contribution in [0.2, 0.25) is 0 Å². The molecule has 1 aromatic rings. The second kappa shape index (κ2) is 4.42. The largest absolute Gasteiger partial charge is 0.331 e. The molecular formula is C13H21N3. The molecule has 2 rings (SSSR count). The molecule has 16 heavy (non-hydrogen) atoms. The SMILES string of the molecule is C=CCC(C)n1cncc1C1(C)CCNC1. The van der Waals surface area contributed by atoms with Gasteiger partial charge in [0.15, 0.2) is 0 Å². The Morgan fingerprint density at radius 1 is 1.75 bits per heavy atom. The van der Waals surface area contributed by atoms with Gasteiger partial charge in [0.25, 0.3) is 0 Å². The van der Waals surface area contributed by atoms with Gasteiger partial charge in [0.1, 0.15) is 0 Å². The number of hydrogen-bond acceptors (Lipinski definition) is 2. The highest BCUT2D eigenvalue weighted by molar-refractivity contribution is 5.18. The van der Waals surface area contributed by atoms with Crippen molar-refractivity contribution in [2.75, 3.05) is 13.1 Å². The summed E-state index contributed by atoms with van der Waals surface area (Å²) in [5, 5.41) is 3.44. The lowest BCUT2D eigenvalue weighted by Gasteiger charge is -2.26. The zero-order chi connectivity index (χ0) is 11.6. The molecule has 2 atom stereocenters. The molecule has 1 N–H and O–H groups in total. The minimum atomic E-state index is 0.242. The molecule has 0 spiro atoms. The van der Waals surface area contributed by atoms with Gasteiger partial charge < -0.3 is 9.88 Å². The van der Waals surface area contributed by atoms with Gasteiger partial charge in [0, 0.05) is 29.9 Å². The van der Waals surface area contributed by atoms with Crippen LogP contribution in [0.4, 0.5) is 0 Å². The summed E-state index contributed by atoms with van der Waals surface area (Å²) in [5.74, 6) is 0. The summed E-state index contributed by atoms with van der Waals surface area (Å²) < 4.78 is 2.30. The van der Waals surface area contributed by atoms with Crippen molar-refractivity contribution in [1.29, 1.82) is 0 Å². The van der Waals surface area contributed by atoms with Crippen molar-refractivity contribution in [3.63, 3.8) is 0 Å². The van der Waals surface area contributed by atoms with E-state index in [2.05, 4.69) is 35.3 Å². The number of nitrogens with one attached hydrogen (secondary N) is 1. The number of nitrogens with zero attached hydrogens (tertiary/aromatic N) is 2. The molecule has 88 valence electrons. The van der Waals surface area contributed by atoms with Gasteiger partial charge >= 0.3 is 0 Å². The highest BCUT2D eigenvalue weighted by Crippen LogP contribution is 2.31. The molecule has 1 saturated heterocycles. The number of imidazole rings is 1. The average Bonchev–Trinajstić information content (AvgIpc) is 2.86. The predicted octanol–water partition coefficient (Wildman–Crippen LogP) is 2.27. The predicted molar refractivity (Wildman–Crippen MR) is 66.6 cm³/mol. The lowest BCUT2D eigenvalue weighted by atomic mass is 9.86. The molecule has 0 radical (unpaired) electrons. The van der Waals surface area contributed by atoms with E-state index in [4.69, 9.17) is 0 Å². The first-order valence-electron chi connectivity index (χ1n) is 6.01. The first-order chi connectivity index (χ1) is 7.67. The molecule has 0 aromatic carbocycles. The van der Waals surface area contributed by atoms with Gasteiger partial charge in [-0.15, -0.1) is 6.58 Å². The molecule has 0 amide bonds. The molecule has 1 fully saturated rings. The molecule has 3 heteroatoms. The number of allylic oxidation sites excluding steroid dienone is 1. The summed E-state index contributed by atoms with van der Waals surface area (Å²) >= 11 is 0. The Hall–Kier alpha value is -1.09. The number of hydrogen-bond donors (Lipinski definition) is 1. The first kappa shape index (κ1) is 11.4. The third-order valence-electron chi connectivity index (χ3n) is 3.64. The minimum absolute atomic E-state index is 0.242. The second-order valence-corrected chi connectivity index (χ2v) is 5.05. The maximum absolute atomic E-state index is 4.32. The summed E-state index contributed by atoms with van der Waals surface area (Å²) in [6.45, 7) is 10.5. The van der Waals surface area contributed by atoms with Crippen molar-refractivity contribution in [2.45, 2.75) is 38.1 Å². The summed E-state index contributed by atoms with van der Waals surface area (Å²) in [4.78, 5) is 4.32. The van der Waals surface area contributed by atoms with E-state index in [9.17, 15) is 0 Å². The molecule has 0 saturated carbocycles. The molecule has 2 unspecified atom stereocenters. The van der Waals surface area contributed by atoms with E-state index in [1.165, 1.54) is 12.1 Å². The monoisotopic (exact) mass is 219 g/mol. The third-order valence-corrected chi connectivity index (χ3v) is 3.64. The Balaban J connectivity index is 2.27. The van der Waals surface area contributed by atoms with Crippen LogP contribution in [0.15, 0.2) is 25.2 Å². The van der Waals surface area contributed by atoms with Crippen LogP contribution in [0.1, 0.15) is 38.4 Å². The Morgan fingerprint density at radius 2 is 2.56 bits per heavy atom. The smallest absolute Gasteiger partial charge is 0.0950 e. The van der Waals surface area contributed by atoms with Crippen LogP contribution < -0.4 is 5.32 Å². The summed E-state index contributed by atoms with van der Waals surface area (Å²) in [5.41, 5.74) is 1.60. The third kappa shape index (κ3) is 1.92. The van der Waals surface area contributed by atoms with Crippen LogP contribution in [0.25, 0.3) is 0 Å². The van der Waals surface area contributed by atoms with Crippen molar-refractivity contribution < 1.29 is 0 Å². The van der Waals surface area contributed by atoms with E-state index >= 15 is 0 Å². The van der Waals surface area contributed by atoms with E-state index in [1.54, 1.807) is 0 Å². The standard InChI is InChI=1S/C13H21N3/c1-4-5-11(2)16-10-15-8-12(16)13(3)6-7-14-9-13/h4,8,10-11,14H,1,5-7,9H2,2-3H3. The van der Waals surface area contributed by atoms with Crippen molar-refractivity contribution >= 4 is 0 Å².